The lowest BCUT2D eigenvalue weighted by Crippen LogP contribution is -2.14. The lowest BCUT2D eigenvalue weighted by Gasteiger charge is -1.98. The van der Waals surface area contributed by atoms with E-state index in [2.05, 4.69) is 4.98 Å². The predicted molar refractivity (Wildman–Crippen MR) is 41.9 cm³/mol. The first-order valence-corrected chi connectivity index (χ1v) is 3.13. The SMILES string of the molecule is Cc1cc(N)nc(C(N)=O)c1. The molecule has 0 saturated carbocycles. The van der Waals surface area contributed by atoms with Gasteiger partial charge in [0, 0.05) is 0 Å². The van der Waals surface area contributed by atoms with Crippen molar-refractivity contribution in [3.8, 4) is 0 Å². The van der Waals surface area contributed by atoms with E-state index in [1.54, 1.807) is 12.1 Å². The second-order valence-corrected chi connectivity index (χ2v) is 2.32. The zero-order valence-electron chi connectivity index (χ0n) is 6.16. The van der Waals surface area contributed by atoms with Crippen molar-refractivity contribution in [2.75, 3.05) is 5.73 Å². The van der Waals surface area contributed by atoms with Gasteiger partial charge in [-0.3, -0.25) is 4.79 Å². The molecular weight excluding hydrogens is 142 g/mol. The van der Waals surface area contributed by atoms with Gasteiger partial charge in [0.1, 0.15) is 11.5 Å². The standard InChI is InChI=1S/C7H9N3O/c1-4-2-5(7(9)11)10-6(8)3-4/h2-3H,1H3,(H2,8,10)(H2,9,11). The molecule has 1 heterocycles. The highest BCUT2D eigenvalue weighted by atomic mass is 16.1. The molecule has 0 radical (unpaired) electrons. The van der Waals surface area contributed by atoms with Crippen LogP contribution in [0.5, 0.6) is 0 Å². The van der Waals surface area contributed by atoms with E-state index in [0.717, 1.165) is 5.56 Å². The van der Waals surface area contributed by atoms with Crippen molar-refractivity contribution in [1.29, 1.82) is 0 Å². The number of aryl methyl sites for hydroxylation is 1. The van der Waals surface area contributed by atoms with E-state index in [9.17, 15) is 4.79 Å². The van der Waals surface area contributed by atoms with Gasteiger partial charge in [0.25, 0.3) is 5.91 Å². The maximum absolute atomic E-state index is 10.6. The molecule has 11 heavy (non-hydrogen) atoms. The molecule has 0 bridgehead atoms. The third kappa shape index (κ3) is 1.67. The van der Waals surface area contributed by atoms with E-state index in [1.807, 2.05) is 6.92 Å². The summed E-state index contributed by atoms with van der Waals surface area (Å²) in [7, 11) is 0. The molecular formula is C7H9N3O. The molecule has 0 spiro atoms. The van der Waals surface area contributed by atoms with E-state index in [-0.39, 0.29) is 5.69 Å². The highest BCUT2D eigenvalue weighted by Crippen LogP contribution is 2.04. The molecule has 0 aromatic carbocycles. The number of pyridine rings is 1. The number of hydrogen-bond donors (Lipinski definition) is 2. The first kappa shape index (κ1) is 7.53. The van der Waals surface area contributed by atoms with E-state index >= 15 is 0 Å². The van der Waals surface area contributed by atoms with E-state index in [1.165, 1.54) is 0 Å². The Labute approximate surface area is 64.2 Å². The summed E-state index contributed by atoms with van der Waals surface area (Å²) in [4.78, 5) is 14.3. The molecule has 0 saturated heterocycles. The average Bonchev–Trinajstić information content (AvgIpc) is 1.85. The van der Waals surface area contributed by atoms with Gasteiger partial charge in [-0.1, -0.05) is 0 Å². The second-order valence-electron chi connectivity index (χ2n) is 2.32. The zero-order chi connectivity index (χ0) is 8.43. The van der Waals surface area contributed by atoms with Crippen LogP contribution in [-0.2, 0) is 0 Å². The normalized spacial score (nSPS) is 9.55. The first-order valence-electron chi connectivity index (χ1n) is 3.13. The van der Waals surface area contributed by atoms with Crippen LogP contribution in [0.2, 0.25) is 0 Å². The minimum Gasteiger partial charge on any atom is -0.384 e. The molecule has 58 valence electrons. The quantitative estimate of drug-likeness (QED) is 0.595. The number of carbonyl (C=O) groups is 1. The van der Waals surface area contributed by atoms with E-state index in [4.69, 9.17) is 11.5 Å². The van der Waals surface area contributed by atoms with E-state index in [0.29, 0.717) is 5.82 Å². The minimum atomic E-state index is -0.555. The summed E-state index contributed by atoms with van der Waals surface area (Å²) in [5.41, 5.74) is 11.5. The fraction of sp³-hybridized carbons (Fsp3) is 0.143. The molecule has 0 aliphatic carbocycles. The second kappa shape index (κ2) is 2.57. The fourth-order valence-electron chi connectivity index (χ4n) is 0.820. The Morgan fingerprint density at radius 3 is 2.64 bits per heavy atom. The van der Waals surface area contributed by atoms with Crippen molar-refractivity contribution in [3.05, 3.63) is 23.4 Å². The Balaban J connectivity index is 3.19. The minimum absolute atomic E-state index is 0.211. The molecule has 4 N–H and O–H groups in total. The molecule has 0 fully saturated rings. The van der Waals surface area contributed by atoms with Gasteiger partial charge < -0.3 is 11.5 Å². The van der Waals surface area contributed by atoms with E-state index < -0.39 is 5.91 Å². The van der Waals surface area contributed by atoms with Crippen LogP contribution in [0.1, 0.15) is 16.1 Å². The molecule has 0 aliphatic heterocycles. The third-order valence-electron chi connectivity index (χ3n) is 1.24. The Morgan fingerprint density at radius 2 is 2.18 bits per heavy atom. The van der Waals surface area contributed by atoms with Crippen LogP contribution < -0.4 is 11.5 Å². The van der Waals surface area contributed by atoms with Crippen molar-refractivity contribution < 1.29 is 4.79 Å². The summed E-state index contributed by atoms with van der Waals surface area (Å²) in [6.45, 7) is 1.82. The van der Waals surface area contributed by atoms with Crippen LogP contribution in [0.25, 0.3) is 0 Å². The van der Waals surface area contributed by atoms with Crippen LogP contribution in [0.3, 0.4) is 0 Å². The summed E-state index contributed by atoms with van der Waals surface area (Å²) in [6.07, 6.45) is 0. The van der Waals surface area contributed by atoms with Crippen LogP contribution in [0.15, 0.2) is 12.1 Å². The lowest BCUT2D eigenvalue weighted by atomic mass is 10.2. The molecule has 4 heteroatoms. The first-order chi connectivity index (χ1) is 5.09. The number of carbonyl (C=O) groups excluding carboxylic acids is 1. The molecule has 0 atom stereocenters. The maximum atomic E-state index is 10.6. The van der Waals surface area contributed by atoms with Crippen molar-refractivity contribution in [2.45, 2.75) is 6.92 Å². The number of rotatable bonds is 1. The zero-order valence-corrected chi connectivity index (χ0v) is 6.16. The van der Waals surface area contributed by atoms with Crippen molar-refractivity contribution in [3.63, 3.8) is 0 Å². The highest BCUT2D eigenvalue weighted by Gasteiger charge is 2.02. The summed E-state index contributed by atoms with van der Waals surface area (Å²) < 4.78 is 0. The molecule has 1 aromatic heterocycles. The van der Waals surface area contributed by atoms with Crippen molar-refractivity contribution >= 4 is 11.7 Å². The Morgan fingerprint density at radius 1 is 1.55 bits per heavy atom. The van der Waals surface area contributed by atoms with Gasteiger partial charge in [-0.25, -0.2) is 4.98 Å². The number of nitrogens with two attached hydrogens (primary N) is 2. The number of primary amides is 1. The molecule has 1 aromatic rings. The van der Waals surface area contributed by atoms with Gasteiger partial charge in [-0.05, 0) is 24.6 Å². The number of amides is 1. The number of anilines is 1. The van der Waals surface area contributed by atoms with Gasteiger partial charge in [0.05, 0.1) is 0 Å². The third-order valence-corrected chi connectivity index (χ3v) is 1.24. The number of aromatic nitrogens is 1. The summed E-state index contributed by atoms with van der Waals surface area (Å²) >= 11 is 0. The Bertz CT molecular complexity index is 275. The number of hydrogen-bond acceptors (Lipinski definition) is 3. The van der Waals surface area contributed by atoms with Gasteiger partial charge in [0.2, 0.25) is 0 Å². The average molecular weight is 151 g/mol. The maximum Gasteiger partial charge on any atom is 0.267 e. The molecule has 0 aliphatic rings. The van der Waals surface area contributed by atoms with Crippen molar-refractivity contribution in [1.82, 2.24) is 4.98 Å². The van der Waals surface area contributed by atoms with Gasteiger partial charge >= 0.3 is 0 Å². The van der Waals surface area contributed by atoms with Gasteiger partial charge in [-0.15, -0.1) is 0 Å². The number of nitrogens with zero attached hydrogens (tertiary/aromatic N) is 1. The number of nitrogen functional groups attached to an aromatic ring is 1. The Hall–Kier alpha value is -1.58. The summed E-state index contributed by atoms with van der Waals surface area (Å²) in [5.74, 6) is -0.237. The highest BCUT2D eigenvalue weighted by molar-refractivity contribution is 5.91. The largest absolute Gasteiger partial charge is 0.384 e. The van der Waals surface area contributed by atoms with Crippen LogP contribution >= 0.6 is 0 Å². The monoisotopic (exact) mass is 151 g/mol. The molecule has 0 unspecified atom stereocenters. The van der Waals surface area contributed by atoms with Crippen LogP contribution in [0, 0.1) is 6.92 Å². The predicted octanol–water partition coefficient (Wildman–Crippen LogP) is 0.0711. The smallest absolute Gasteiger partial charge is 0.267 e. The molecule has 1 amide bonds. The fourth-order valence-corrected chi connectivity index (χ4v) is 0.820. The molecule has 1 rings (SSSR count). The lowest BCUT2D eigenvalue weighted by molar-refractivity contribution is 0.0995. The molecule has 4 nitrogen and oxygen atoms in total. The topological polar surface area (TPSA) is 82.0 Å². The Kier molecular flexibility index (Phi) is 1.76. The van der Waals surface area contributed by atoms with Gasteiger partial charge in [0.15, 0.2) is 0 Å². The van der Waals surface area contributed by atoms with Gasteiger partial charge in [-0.2, -0.15) is 0 Å². The van der Waals surface area contributed by atoms with Crippen LogP contribution in [-0.4, -0.2) is 10.9 Å². The summed E-state index contributed by atoms with van der Waals surface area (Å²) in [6, 6.07) is 3.27. The van der Waals surface area contributed by atoms with Crippen molar-refractivity contribution in [2.24, 2.45) is 5.73 Å². The van der Waals surface area contributed by atoms with Crippen LogP contribution in [0.4, 0.5) is 5.82 Å². The summed E-state index contributed by atoms with van der Waals surface area (Å²) in [5, 5.41) is 0.